The van der Waals surface area contributed by atoms with Crippen molar-refractivity contribution in [2.45, 2.75) is 39.2 Å². The standard InChI is InChI=1S/C27H29N5S/c1-19-10-9-13-22(18-19)24-25(33-27(31-24)32-16-7-4-8-17-32)23-14-15-28-26(30-23)29-20(2)21-11-5-3-6-12-21/h3,5-6,9-15,18,20H,4,7-8,16-17H2,1-2H3,(H,28,29,30)/t20-/m0/s1. The Balaban J connectivity index is 1.51. The summed E-state index contributed by atoms with van der Waals surface area (Å²) in [6, 6.07) is 21.0. The van der Waals surface area contributed by atoms with Gasteiger partial charge in [0.1, 0.15) is 0 Å². The first kappa shape index (κ1) is 21.6. The molecule has 0 amide bonds. The number of benzene rings is 2. The minimum absolute atomic E-state index is 0.114. The van der Waals surface area contributed by atoms with E-state index >= 15 is 0 Å². The number of aromatic nitrogens is 3. The van der Waals surface area contributed by atoms with E-state index < -0.39 is 0 Å². The molecule has 2 aromatic carbocycles. The highest BCUT2D eigenvalue weighted by molar-refractivity contribution is 7.19. The molecule has 5 rings (SSSR count). The maximum absolute atomic E-state index is 5.12. The third kappa shape index (κ3) is 4.91. The maximum Gasteiger partial charge on any atom is 0.223 e. The zero-order valence-electron chi connectivity index (χ0n) is 19.2. The first-order chi connectivity index (χ1) is 16.2. The van der Waals surface area contributed by atoms with Crippen molar-refractivity contribution in [3.05, 3.63) is 78.0 Å². The number of nitrogens with one attached hydrogen (secondary N) is 1. The zero-order valence-corrected chi connectivity index (χ0v) is 20.0. The second kappa shape index (κ2) is 9.71. The first-order valence-electron chi connectivity index (χ1n) is 11.6. The van der Waals surface area contributed by atoms with Gasteiger partial charge in [-0.15, -0.1) is 0 Å². The second-order valence-corrected chi connectivity index (χ2v) is 9.61. The van der Waals surface area contributed by atoms with E-state index in [4.69, 9.17) is 9.97 Å². The molecule has 1 aliphatic heterocycles. The van der Waals surface area contributed by atoms with Crippen molar-refractivity contribution in [3.8, 4) is 21.8 Å². The molecule has 5 nitrogen and oxygen atoms in total. The van der Waals surface area contributed by atoms with Gasteiger partial charge in [-0.25, -0.2) is 15.0 Å². The van der Waals surface area contributed by atoms with E-state index in [0.29, 0.717) is 5.95 Å². The highest BCUT2D eigenvalue weighted by Crippen LogP contribution is 2.40. The summed E-state index contributed by atoms with van der Waals surface area (Å²) < 4.78 is 0. The summed E-state index contributed by atoms with van der Waals surface area (Å²) in [6.07, 6.45) is 5.60. The molecule has 0 spiro atoms. The second-order valence-electron chi connectivity index (χ2n) is 8.63. The molecule has 0 aliphatic carbocycles. The molecule has 0 radical (unpaired) electrons. The van der Waals surface area contributed by atoms with Crippen molar-refractivity contribution in [3.63, 3.8) is 0 Å². The Morgan fingerprint density at radius 1 is 0.939 bits per heavy atom. The zero-order chi connectivity index (χ0) is 22.6. The van der Waals surface area contributed by atoms with Crippen LogP contribution < -0.4 is 10.2 Å². The Hall–Kier alpha value is -3.25. The number of thiazole rings is 1. The number of nitrogens with zero attached hydrogens (tertiary/aromatic N) is 4. The Labute approximate surface area is 199 Å². The molecular weight excluding hydrogens is 426 g/mol. The summed E-state index contributed by atoms with van der Waals surface area (Å²) in [5.74, 6) is 0.631. The van der Waals surface area contributed by atoms with E-state index in [1.165, 1.54) is 30.4 Å². The number of rotatable bonds is 6. The molecular formula is C27H29N5S. The van der Waals surface area contributed by atoms with E-state index in [1.807, 2.05) is 18.3 Å². The van der Waals surface area contributed by atoms with E-state index in [0.717, 1.165) is 40.0 Å². The number of anilines is 2. The lowest BCUT2D eigenvalue weighted by Crippen LogP contribution is -2.29. The van der Waals surface area contributed by atoms with Crippen molar-refractivity contribution in [1.29, 1.82) is 0 Å². The molecule has 1 atom stereocenters. The van der Waals surface area contributed by atoms with Gasteiger partial charge >= 0.3 is 0 Å². The quantitative estimate of drug-likeness (QED) is 0.349. The van der Waals surface area contributed by atoms with Crippen LogP contribution in [0.2, 0.25) is 0 Å². The molecule has 2 aromatic heterocycles. The fraction of sp³-hybridized carbons (Fsp3) is 0.296. The number of piperidine rings is 1. The van der Waals surface area contributed by atoms with E-state index in [-0.39, 0.29) is 6.04 Å². The Kier molecular flexibility index (Phi) is 6.35. The summed E-state index contributed by atoms with van der Waals surface area (Å²) in [4.78, 5) is 18.0. The minimum atomic E-state index is 0.114. The third-order valence-corrected chi connectivity index (χ3v) is 7.21. The molecule has 0 unspecified atom stereocenters. The van der Waals surface area contributed by atoms with E-state index in [1.54, 1.807) is 11.3 Å². The van der Waals surface area contributed by atoms with Gasteiger partial charge in [0, 0.05) is 24.8 Å². The van der Waals surface area contributed by atoms with Crippen molar-refractivity contribution < 1.29 is 0 Å². The lowest BCUT2D eigenvalue weighted by Gasteiger charge is -2.25. The average Bonchev–Trinajstić information content (AvgIpc) is 3.31. The van der Waals surface area contributed by atoms with Crippen LogP contribution in [0.5, 0.6) is 0 Å². The van der Waals surface area contributed by atoms with Crippen molar-refractivity contribution in [2.75, 3.05) is 23.3 Å². The Bertz CT molecular complexity index is 1210. The lowest BCUT2D eigenvalue weighted by atomic mass is 10.1. The van der Waals surface area contributed by atoms with Gasteiger partial charge in [-0.1, -0.05) is 65.4 Å². The smallest absolute Gasteiger partial charge is 0.223 e. The average molecular weight is 456 g/mol. The largest absolute Gasteiger partial charge is 0.348 e. The molecule has 0 saturated carbocycles. The van der Waals surface area contributed by atoms with Gasteiger partial charge < -0.3 is 10.2 Å². The maximum atomic E-state index is 5.12. The van der Waals surface area contributed by atoms with Crippen LogP contribution in [0, 0.1) is 6.92 Å². The van der Waals surface area contributed by atoms with Crippen molar-refractivity contribution in [2.24, 2.45) is 0 Å². The Morgan fingerprint density at radius 2 is 1.76 bits per heavy atom. The number of hydrogen-bond donors (Lipinski definition) is 1. The van der Waals surface area contributed by atoms with Crippen LogP contribution in [0.15, 0.2) is 66.9 Å². The van der Waals surface area contributed by atoms with Gasteiger partial charge in [0.25, 0.3) is 0 Å². The fourth-order valence-corrected chi connectivity index (χ4v) is 5.37. The van der Waals surface area contributed by atoms with Crippen LogP contribution >= 0.6 is 11.3 Å². The summed E-state index contributed by atoms with van der Waals surface area (Å²) in [5, 5.41) is 4.55. The monoisotopic (exact) mass is 455 g/mol. The molecule has 6 heteroatoms. The van der Waals surface area contributed by atoms with Crippen LogP contribution in [0.1, 0.15) is 43.4 Å². The predicted molar refractivity (Wildman–Crippen MR) is 138 cm³/mol. The van der Waals surface area contributed by atoms with Gasteiger partial charge in [0.15, 0.2) is 5.13 Å². The van der Waals surface area contributed by atoms with Gasteiger partial charge in [-0.2, -0.15) is 0 Å². The summed E-state index contributed by atoms with van der Waals surface area (Å²) in [5.41, 5.74) is 5.48. The number of aryl methyl sites for hydroxylation is 1. The summed E-state index contributed by atoms with van der Waals surface area (Å²) >= 11 is 1.74. The van der Waals surface area contributed by atoms with Crippen molar-refractivity contribution >= 4 is 22.4 Å². The van der Waals surface area contributed by atoms with E-state index in [9.17, 15) is 0 Å². The molecule has 3 heterocycles. The summed E-state index contributed by atoms with van der Waals surface area (Å²) in [7, 11) is 0. The lowest BCUT2D eigenvalue weighted by molar-refractivity contribution is 0.577. The van der Waals surface area contributed by atoms with Crippen LogP contribution in [0.4, 0.5) is 11.1 Å². The molecule has 33 heavy (non-hydrogen) atoms. The highest BCUT2D eigenvalue weighted by Gasteiger charge is 2.21. The van der Waals surface area contributed by atoms with Crippen LogP contribution in [-0.2, 0) is 0 Å². The highest BCUT2D eigenvalue weighted by atomic mass is 32.1. The molecule has 168 valence electrons. The molecule has 1 saturated heterocycles. The summed E-state index contributed by atoms with van der Waals surface area (Å²) in [6.45, 7) is 6.40. The SMILES string of the molecule is Cc1cccc(-c2nc(N3CCCCC3)sc2-c2ccnc(N[C@@H](C)c3ccccc3)n2)c1. The topological polar surface area (TPSA) is 53.9 Å². The van der Waals surface area contributed by atoms with Crippen LogP contribution in [-0.4, -0.2) is 28.0 Å². The molecule has 1 N–H and O–H groups in total. The van der Waals surface area contributed by atoms with Crippen LogP contribution in [0.25, 0.3) is 21.8 Å². The molecule has 1 aliphatic rings. The fourth-order valence-electron chi connectivity index (χ4n) is 4.26. The first-order valence-corrected chi connectivity index (χ1v) is 12.5. The predicted octanol–water partition coefficient (Wildman–Crippen LogP) is 6.74. The third-order valence-electron chi connectivity index (χ3n) is 6.07. The van der Waals surface area contributed by atoms with Crippen LogP contribution in [0.3, 0.4) is 0 Å². The van der Waals surface area contributed by atoms with E-state index in [2.05, 4.69) is 77.6 Å². The molecule has 4 aromatic rings. The molecule has 1 fully saturated rings. The van der Waals surface area contributed by atoms with Crippen molar-refractivity contribution in [1.82, 2.24) is 15.0 Å². The van der Waals surface area contributed by atoms with Gasteiger partial charge in [-0.05, 0) is 50.8 Å². The number of hydrogen-bond acceptors (Lipinski definition) is 6. The van der Waals surface area contributed by atoms with Gasteiger partial charge in [-0.3, -0.25) is 0 Å². The van der Waals surface area contributed by atoms with Gasteiger partial charge in [0.05, 0.1) is 22.3 Å². The normalized spacial score (nSPS) is 14.8. The van der Waals surface area contributed by atoms with Gasteiger partial charge in [0.2, 0.25) is 5.95 Å². The minimum Gasteiger partial charge on any atom is -0.348 e. The Morgan fingerprint density at radius 3 is 2.55 bits per heavy atom. The molecule has 0 bridgehead atoms.